The molecule has 10 heteroatoms. The van der Waals surface area contributed by atoms with Crippen LogP contribution in [-0.2, 0) is 17.7 Å². The Labute approximate surface area is 196 Å². The summed E-state index contributed by atoms with van der Waals surface area (Å²) in [6, 6.07) is 5.70. The zero-order valence-electron chi connectivity index (χ0n) is 19.3. The quantitative estimate of drug-likeness (QED) is 0.553. The highest BCUT2D eigenvalue weighted by Crippen LogP contribution is 2.33. The first-order valence-electron chi connectivity index (χ1n) is 11.8. The van der Waals surface area contributed by atoms with E-state index in [1.165, 1.54) is 9.08 Å². The number of carbonyl (C=O) groups is 1. The van der Waals surface area contributed by atoms with Gasteiger partial charge in [0.05, 0.1) is 25.4 Å². The van der Waals surface area contributed by atoms with Gasteiger partial charge >= 0.3 is 5.69 Å². The smallest absolute Gasteiger partial charge is 0.350 e. The molecule has 0 aromatic carbocycles. The lowest BCUT2D eigenvalue weighted by Crippen LogP contribution is -2.40. The molecule has 9 nitrogen and oxygen atoms in total. The second-order valence-corrected chi connectivity index (χ2v) is 8.99. The molecule has 0 spiro atoms. The van der Waals surface area contributed by atoms with E-state index in [4.69, 9.17) is 4.74 Å². The Balaban J connectivity index is 1.41. The number of carbonyl (C=O) groups excluding carboxylic acids is 1. The number of nitrogens with zero attached hydrogens (tertiary/aromatic N) is 6. The Morgan fingerprint density at radius 3 is 2.97 bits per heavy atom. The third-order valence-corrected chi connectivity index (χ3v) is 6.68. The highest BCUT2D eigenvalue weighted by atomic mass is 19.1. The van der Waals surface area contributed by atoms with Gasteiger partial charge in [0.25, 0.3) is 5.91 Å². The number of aromatic nitrogens is 4. The van der Waals surface area contributed by atoms with Crippen molar-refractivity contribution in [2.45, 2.75) is 32.2 Å². The van der Waals surface area contributed by atoms with Crippen molar-refractivity contribution in [1.29, 1.82) is 0 Å². The number of pyridine rings is 2. The minimum Gasteiger partial charge on any atom is -0.383 e. The van der Waals surface area contributed by atoms with Crippen LogP contribution in [0.2, 0.25) is 0 Å². The van der Waals surface area contributed by atoms with Gasteiger partial charge in [-0.2, -0.15) is 0 Å². The zero-order chi connectivity index (χ0) is 23.7. The number of alkyl halides is 1. The molecule has 3 aromatic heterocycles. The number of rotatable bonds is 6. The predicted molar refractivity (Wildman–Crippen MR) is 125 cm³/mol. The van der Waals surface area contributed by atoms with Gasteiger partial charge in [0, 0.05) is 56.8 Å². The van der Waals surface area contributed by atoms with Crippen LogP contribution < -0.4 is 10.6 Å². The SMILES string of the molecule is COCCn1nc2cc(N3CCCc4cc(C(=O)N5CCC[C@@H](CF)C5)cnc43)ccn2c1=O. The first kappa shape index (κ1) is 22.5. The molecule has 0 bridgehead atoms. The van der Waals surface area contributed by atoms with Crippen molar-refractivity contribution < 1.29 is 13.9 Å². The van der Waals surface area contributed by atoms with Crippen molar-refractivity contribution >= 4 is 23.1 Å². The average molecular weight is 469 g/mol. The van der Waals surface area contributed by atoms with Crippen LogP contribution in [0.4, 0.5) is 15.9 Å². The van der Waals surface area contributed by atoms with Crippen LogP contribution in [0.3, 0.4) is 0 Å². The summed E-state index contributed by atoms with van der Waals surface area (Å²) in [6.07, 6.45) is 6.77. The summed E-state index contributed by atoms with van der Waals surface area (Å²) in [5.41, 5.74) is 2.82. The maximum Gasteiger partial charge on any atom is 0.350 e. The first-order chi connectivity index (χ1) is 16.6. The number of amides is 1. The molecule has 0 N–H and O–H groups in total. The lowest BCUT2D eigenvalue weighted by atomic mass is 9.98. The fourth-order valence-corrected chi connectivity index (χ4v) is 4.89. The van der Waals surface area contributed by atoms with E-state index in [-0.39, 0.29) is 24.2 Å². The Morgan fingerprint density at radius 1 is 1.26 bits per heavy atom. The number of anilines is 2. The van der Waals surface area contributed by atoms with Crippen molar-refractivity contribution in [3.8, 4) is 0 Å². The van der Waals surface area contributed by atoms with Crippen LogP contribution in [0.1, 0.15) is 35.2 Å². The minimum atomic E-state index is -0.387. The molecule has 1 amide bonds. The first-order valence-corrected chi connectivity index (χ1v) is 11.8. The van der Waals surface area contributed by atoms with Crippen LogP contribution >= 0.6 is 0 Å². The lowest BCUT2D eigenvalue weighted by Gasteiger charge is -2.33. The maximum atomic E-state index is 13.1. The molecule has 5 rings (SSSR count). The molecule has 0 radical (unpaired) electrons. The zero-order valence-corrected chi connectivity index (χ0v) is 19.3. The number of fused-ring (bicyclic) bond motifs is 2. The van der Waals surface area contributed by atoms with E-state index in [1.54, 1.807) is 24.4 Å². The van der Waals surface area contributed by atoms with E-state index in [9.17, 15) is 14.0 Å². The van der Waals surface area contributed by atoms with Crippen molar-refractivity contribution in [2.24, 2.45) is 5.92 Å². The average Bonchev–Trinajstić information content (AvgIpc) is 3.20. The fourth-order valence-electron chi connectivity index (χ4n) is 4.89. The molecule has 180 valence electrons. The molecule has 0 aliphatic carbocycles. The normalized spacial score (nSPS) is 18.4. The summed E-state index contributed by atoms with van der Waals surface area (Å²) in [4.78, 5) is 34.1. The van der Waals surface area contributed by atoms with Gasteiger partial charge < -0.3 is 14.5 Å². The summed E-state index contributed by atoms with van der Waals surface area (Å²) in [6.45, 7) is 2.32. The van der Waals surface area contributed by atoms with E-state index >= 15 is 0 Å². The Morgan fingerprint density at radius 2 is 2.15 bits per heavy atom. The molecule has 5 heterocycles. The topological polar surface area (TPSA) is 85.0 Å². The monoisotopic (exact) mass is 468 g/mol. The summed E-state index contributed by atoms with van der Waals surface area (Å²) in [7, 11) is 1.59. The number of hydrogen-bond donors (Lipinski definition) is 0. The molecular formula is C24H29FN6O3. The summed E-state index contributed by atoms with van der Waals surface area (Å²) < 4.78 is 21.1. The molecular weight excluding hydrogens is 439 g/mol. The van der Waals surface area contributed by atoms with Gasteiger partial charge in [-0.25, -0.2) is 14.5 Å². The van der Waals surface area contributed by atoms with Gasteiger partial charge in [-0.05, 0) is 43.4 Å². The molecule has 34 heavy (non-hydrogen) atoms. The molecule has 0 saturated carbocycles. The van der Waals surface area contributed by atoms with Gasteiger partial charge in [0.1, 0.15) is 5.82 Å². The number of aryl methyl sites for hydroxylation is 1. The highest BCUT2D eigenvalue weighted by Gasteiger charge is 2.27. The predicted octanol–water partition coefficient (Wildman–Crippen LogP) is 2.44. The van der Waals surface area contributed by atoms with Crippen LogP contribution in [0.25, 0.3) is 5.65 Å². The Bertz CT molecular complexity index is 1260. The Kier molecular flexibility index (Phi) is 6.32. The van der Waals surface area contributed by atoms with E-state index < -0.39 is 0 Å². The van der Waals surface area contributed by atoms with E-state index in [1.807, 2.05) is 18.2 Å². The molecule has 2 aliphatic rings. The van der Waals surface area contributed by atoms with Crippen molar-refractivity contribution in [2.75, 3.05) is 44.9 Å². The van der Waals surface area contributed by atoms with E-state index in [2.05, 4.69) is 15.0 Å². The van der Waals surface area contributed by atoms with Gasteiger partial charge in [0.15, 0.2) is 5.65 Å². The molecule has 0 unspecified atom stereocenters. The number of ether oxygens (including phenoxy) is 1. The number of methoxy groups -OCH3 is 1. The van der Waals surface area contributed by atoms with Gasteiger partial charge in [0.2, 0.25) is 0 Å². The van der Waals surface area contributed by atoms with E-state index in [0.717, 1.165) is 49.3 Å². The van der Waals surface area contributed by atoms with Crippen molar-refractivity contribution in [3.05, 3.63) is 52.2 Å². The maximum absolute atomic E-state index is 13.1. The highest BCUT2D eigenvalue weighted by molar-refractivity contribution is 5.94. The van der Waals surface area contributed by atoms with Crippen LogP contribution in [0, 0.1) is 5.92 Å². The van der Waals surface area contributed by atoms with Gasteiger partial charge in [-0.1, -0.05) is 0 Å². The summed E-state index contributed by atoms with van der Waals surface area (Å²) in [5, 5.41) is 4.43. The number of hydrogen-bond acceptors (Lipinski definition) is 6. The van der Waals surface area contributed by atoms with Gasteiger partial charge in [-0.15, -0.1) is 5.10 Å². The van der Waals surface area contributed by atoms with Crippen LogP contribution in [-0.4, -0.2) is 70.0 Å². The lowest BCUT2D eigenvalue weighted by molar-refractivity contribution is 0.0656. The largest absolute Gasteiger partial charge is 0.383 e. The molecule has 1 fully saturated rings. The Hall–Kier alpha value is -3.27. The number of likely N-dealkylation sites (tertiary alicyclic amines) is 1. The molecule has 3 aromatic rings. The fraction of sp³-hybridized carbons (Fsp3) is 0.500. The third-order valence-electron chi connectivity index (χ3n) is 6.68. The molecule has 1 saturated heterocycles. The second-order valence-electron chi connectivity index (χ2n) is 8.99. The van der Waals surface area contributed by atoms with Crippen LogP contribution in [0.15, 0.2) is 35.4 Å². The summed E-state index contributed by atoms with van der Waals surface area (Å²) in [5.74, 6) is 0.667. The molecule has 1 atom stereocenters. The van der Waals surface area contributed by atoms with Crippen molar-refractivity contribution in [1.82, 2.24) is 24.1 Å². The molecule has 2 aliphatic heterocycles. The minimum absolute atomic E-state index is 0.0702. The van der Waals surface area contributed by atoms with E-state index in [0.29, 0.717) is 37.5 Å². The standard InChI is InChI=1S/C24H29FN6O3/c1-34-11-10-31-24(33)30-9-6-20(13-21(30)27-31)29-8-3-5-18-12-19(15-26-22(18)29)23(32)28-7-2-4-17(14-25)16-28/h6,9,12-13,15,17H,2-5,7-8,10-11,14,16H2,1H3/t17-/m0/s1. The summed E-state index contributed by atoms with van der Waals surface area (Å²) >= 11 is 0. The van der Waals surface area contributed by atoms with Crippen molar-refractivity contribution in [3.63, 3.8) is 0 Å². The second kappa shape index (κ2) is 9.54. The van der Waals surface area contributed by atoms with Crippen LogP contribution in [0.5, 0.6) is 0 Å². The van der Waals surface area contributed by atoms with Gasteiger partial charge in [-0.3, -0.25) is 13.6 Å². The number of halogens is 1. The number of piperidine rings is 1. The third kappa shape index (κ3) is 4.18.